The largest absolute Gasteiger partial charge is 0.486 e. The van der Waals surface area contributed by atoms with Gasteiger partial charge in [-0.25, -0.2) is 0 Å². The molecule has 0 radical (unpaired) electrons. The maximum Gasteiger partial charge on any atom is 0.416 e. The number of nitrogens with zero attached hydrogens (tertiary/aromatic N) is 2. The smallest absolute Gasteiger partial charge is 0.416 e. The van der Waals surface area contributed by atoms with Gasteiger partial charge < -0.3 is 14.2 Å². The van der Waals surface area contributed by atoms with Gasteiger partial charge in [0, 0.05) is 23.4 Å². The summed E-state index contributed by atoms with van der Waals surface area (Å²) in [6, 6.07) is 7.92. The van der Waals surface area contributed by atoms with Gasteiger partial charge >= 0.3 is 6.18 Å². The van der Waals surface area contributed by atoms with Crippen LogP contribution in [0.2, 0.25) is 0 Å². The minimum atomic E-state index is -4.49. The van der Waals surface area contributed by atoms with E-state index in [1.165, 1.54) is 23.1 Å². The van der Waals surface area contributed by atoms with Crippen molar-refractivity contribution in [2.45, 2.75) is 38.1 Å². The molecule has 1 saturated heterocycles. The maximum atomic E-state index is 12.8. The molecule has 28 heavy (non-hydrogen) atoms. The van der Waals surface area contributed by atoms with Gasteiger partial charge in [0.25, 0.3) is 11.5 Å². The molecule has 8 heteroatoms. The Morgan fingerprint density at radius 2 is 1.86 bits per heavy atom. The third-order valence-corrected chi connectivity index (χ3v) is 5.02. The summed E-state index contributed by atoms with van der Waals surface area (Å²) in [5.74, 6) is -0.0122. The molecule has 148 valence electrons. The van der Waals surface area contributed by atoms with E-state index in [1.54, 1.807) is 10.6 Å². The van der Waals surface area contributed by atoms with E-state index >= 15 is 0 Å². The number of halogens is 3. The van der Waals surface area contributed by atoms with Crippen molar-refractivity contribution in [2.24, 2.45) is 0 Å². The van der Waals surface area contributed by atoms with Gasteiger partial charge in [-0.05, 0) is 44.0 Å². The minimum Gasteiger partial charge on any atom is -0.486 e. The van der Waals surface area contributed by atoms with Gasteiger partial charge in [-0.3, -0.25) is 9.59 Å². The molecule has 0 atom stereocenters. The fraction of sp³-hybridized carbons (Fsp3) is 0.400. The Hall–Kier alpha value is -2.77. The van der Waals surface area contributed by atoms with Crippen molar-refractivity contribution < 1.29 is 22.7 Å². The zero-order chi connectivity index (χ0) is 20.1. The molecule has 2 heterocycles. The highest BCUT2D eigenvalue weighted by atomic mass is 19.4. The number of benzene rings is 1. The van der Waals surface area contributed by atoms with Crippen LogP contribution >= 0.6 is 0 Å². The van der Waals surface area contributed by atoms with Gasteiger partial charge in [0.1, 0.15) is 11.9 Å². The first kappa shape index (κ1) is 18.6. The van der Waals surface area contributed by atoms with E-state index in [0.29, 0.717) is 5.75 Å². The monoisotopic (exact) mass is 392 g/mol. The molecular formula is C20H19F3N2O3. The van der Waals surface area contributed by atoms with Crippen molar-refractivity contribution in [1.29, 1.82) is 0 Å². The van der Waals surface area contributed by atoms with E-state index in [1.807, 2.05) is 6.92 Å². The van der Waals surface area contributed by atoms with Crippen molar-refractivity contribution in [3.8, 4) is 5.75 Å². The third kappa shape index (κ3) is 3.63. The number of ether oxygens (including phenoxy) is 1. The summed E-state index contributed by atoms with van der Waals surface area (Å²) in [6.45, 7) is 2.39. The van der Waals surface area contributed by atoms with Crippen molar-refractivity contribution in [1.82, 2.24) is 9.47 Å². The quantitative estimate of drug-likeness (QED) is 0.801. The Labute approximate surface area is 159 Å². The number of rotatable bonds is 4. The van der Waals surface area contributed by atoms with Crippen molar-refractivity contribution in [3.63, 3.8) is 0 Å². The molecule has 0 N–H and O–H groups in total. The third-order valence-electron chi connectivity index (χ3n) is 5.02. The molecule has 1 amide bonds. The summed E-state index contributed by atoms with van der Waals surface area (Å²) in [7, 11) is 0. The number of carbonyl (C=O) groups excluding carboxylic acids is 1. The molecule has 2 fully saturated rings. The standard InChI is InChI=1S/C20H19F3N2O3/c1-12-7-16(9-18(26)25(12)15-5-6-15)28-17-10-24(11-17)19(27)13-3-2-4-14(8-13)20(21,22)23/h2-4,7-9,15,17H,5-6,10-11H2,1H3. The average Bonchev–Trinajstić information content (AvgIpc) is 3.41. The Morgan fingerprint density at radius 3 is 2.46 bits per heavy atom. The fourth-order valence-corrected chi connectivity index (χ4v) is 3.43. The molecule has 4 rings (SSSR count). The first-order chi connectivity index (χ1) is 13.2. The second-order valence-corrected chi connectivity index (χ2v) is 7.30. The lowest BCUT2D eigenvalue weighted by molar-refractivity contribution is -0.137. The highest BCUT2D eigenvalue weighted by Crippen LogP contribution is 2.35. The molecule has 2 aromatic rings. The molecule has 1 aromatic heterocycles. The number of aromatic nitrogens is 1. The lowest BCUT2D eigenvalue weighted by Crippen LogP contribution is -2.56. The maximum absolute atomic E-state index is 12.8. The predicted octanol–water partition coefficient (Wildman–Crippen LogP) is 3.41. The van der Waals surface area contributed by atoms with Crippen LogP contribution in [-0.2, 0) is 6.18 Å². The lowest BCUT2D eigenvalue weighted by Gasteiger charge is -2.39. The van der Waals surface area contributed by atoms with E-state index < -0.39 is 17.6 Å². The van der Waals surface area contributed by atoms with Crippen molar-refractivity contribution in [3.05, 3.63) is 63.6 Å². The van der Waals surface area contributed by atoms with Crippen LogP contribution in [0.25, 0.3) is 0 Å². The van der Waals surface area contributed by atoms with Crippen LogP contribution in [0.15, 0.2) is 41.2 Å². The normalized spacial score (nSPS) is 17.4. The SMILES string of the molecule is Cc1cc(OC2CN(C(=O)c3cccc(C(F)(F)F)c3)C2)cc(=O)n1C1CC1. The number of hydrogen-bond acceptors (Lipinski definition) is 3. The Balaban J connectivity index is 1.38. The second-order valence-electron chi connectivity index (χ2n) is 7.30. The molecular weight excluding hydrogens is 373 g/mol. The zero-order valence-corrected chi connectivity index (χ0v) is 15.2. The number of hydrogen-bond donors (Lipinski definition) is 0. The summed E-state index contributed by atoms with van der Waals surface area (Å²) in [4.78, 5) is 26.0. The molecule has 1 saturated carbocycles. The van der Waals surface area contributed by atoms with Gasteiger partial charge in [0.05, 0.1) is 18.7 Å². The summed E-state index contributed by atoms with van der Waals surface area (Å²) < 4.78 is 46.0. The van der Waals surface area contributed by atoms with Gasteiger partial charge in [-0.2, -0.15) is 13.2 Å². The van der Waals surface area contributed by atoms with E-state index in [2.05, 4.69) is 0 Å². The number of carbonyl (C=O) groups is 1. The van der Waals surface area contributed by atoms with Crippen LogP contribution in [-0.4, -0.2) is 34.6 Å². The van der Waals surface area contributed by atoms with E-state index in [0.717, 1.165) is 30.7 Å². The molecule has 0 unspecified atom stereocenters. The fourth-order valence-electron chi connectivity index (χ4n) is 3.43. The van der Waals surface area contributed by atoms with Gasteiger partial charge in [-0.1, -0.05) is 6.07 Å². The van der Waals surface area contributed by atoms with E-state index in [9.17, 15) is 22.8 Å². The van der Waals surface area contributed by atoms with E-state index in [-0.39, 0.29) is 36.4 Å². The average molecular weight is 392 g/mol. The highest BCUT2D eigenvalue weighted by molar-refractivity contribution is 5.95. The van der Waals surface area contributed by atoms with Gasteiger partial charge in [-0.15, -0.1) is 0 Å². The summed E-state index contributed by atoms with van der Waals surface area (Å²) in [5, 5.41) is 0. The van der Waals surface area contributed by atoms with Gasteiger partial charge in [0.2, 0.25) is 0 Å². The summed E-state index contributed by atoms with van der Waals surface area (Å²) in [5.41, 5.74) is -0.121. The van der Waals surface area contributed by atoms with Crippen molar-refractivity contribution >= 4 is 5.91 Å². The molecule has 1 aromatic carbocycles. The van der Waals surface area contributed by atoms with Crippen molar-refractivity contribution in [2.75, 3.05) is 13.1 Å². The van der Waals surface area contributed by atoms with Gasteiger partial charge in [0.15, 0.2) is 0 Å². The topological polar surface area (TPSA) is 51.5 Å². The lowest BCUT2D eigenvalue weighted by atomic mass is 10.1. The highest BCUT2D eigenvalue weighted by Gasteiger charge is 2.35. The van der Waals surface area contributed by atoms with Crippen LogP contribution in [0.5, 0.6) is 5.75 Å². The van der Waals surface area contributed by atoms with Crippen LogP contribution in [0.4, 0.5) is 13.2 Å². The number of aryl methyl sites for hydroxylation is 1. The number of likely N-dealkylation sites (tertiary alicyclic amines) is 1. The van der Waals surface area contributed by atoms with E-state index in [4.69, 9.17) is 4.74 Å². The Kier molecular flexibility index (Phi) is 4.44. The predicted molar refractivity (Wildman–Crippen MR) is 95.5 cm³/mol. The van der Waals surface area contributed by atoms with Crippen LogP contribution in [0.3, 0.4) is 0 Å². The second kappa shape index (κ2) is 6.68. The molecule has 0 spiro atoms. The minimum absolute atomic E-state index is 0.00356. The first-order valence-electron chi connectivity index (χ1n) is 9.09. The zero-order valence-electron chi connectivity index (χ0n) is 15.2. The number of alkyl halides is 3. The number of amides is 1. The molecule has 0 bridgehead atoms. The van der Waals surface area contributed by atoms with Crippen LogP contribution < -0.4 is 10.3 Å². The number of pyridine rings is 1. The van der Waals surface area contributed by atoms with Crippen LogP contribution in [0, 0.1) is 6.92 Å². The summed E-state index contributed by atoms with van der Waals surface area (Å²) in [6.07, 6.45) is -2.76. The molecule has 1 aliphatic heterocycles. The molecule has 1 aliphatic carbocycles. The Bertz CT molecular complexity index is 973. The molecule has 2 aliphatic rings. The van der Waals surface area contributed by atoms with Crippen LogP contribution in [0.1, 0.15) is 40.5 Å². The summed E-state index contributed by atoms with van der Waals surface area (Å²) >= 11 is 0. The Morgan fingerprint density at radius 1 is 1.14 bits per heavy atom. The first-order valence-corrected chi connectivity index (χ1v) is 9.09. The molecule has 5 nitrogen and oxygen atoms in total.